The Hall–Kier alpha value is -3.02. The van der Waals surface area contributed by atoms with Crippen LogP contribution in [0.25, 0.3) is 0 Å². The highest BCUT2D eigenvalue weighted by Gasteiger charge is 2.38. The van der Waals surface area contributed by atoms with Crippen LogP contribution in [0.2, 0.25) is 0 Å². The Morgan fingerprint density at radius 2 is 1.64 bits per heavy atom. The number of aliphatic carboxylic acids is 1. The quantitative estimate of drug-likeness (QED) is 0.656. The molecule has 2 rings (SSSR count). The summed E-state index contributed by atoms with van der Waals surface area (Å²) in [5.41, 5.74) is 0.452. The molecule has 6 heteroatoms. The van der Waals surface area contributed by atoms with Crippen LogP contribution < -0.4 is 14.8 Å². The molecule has 2 aromatic rings. The topological polar surface area (TPSA) is 84.9 Å². The number of hydrogen-bond donors (Lipinski definition) is 2. The largest absolute Gasteiger partial charge is 0.497 e. The summed E-state index contributed by atoms with van der Waals surface area (Å²) >= 11 is 0. The Bertz CT molecular complexity index is 784. The summed E-state index contributed by atoms with van der Waals surface area (Å²) in [6, 6.07) is 14.5. The summed E-state index contributed by atoms with van der Waals surface area (Å²) in [4.78, 5) is 24.4. The van der Waals surface area contributed by atoms with E-state index in [0.717, 1.165) is 5.56 Å². The molecular formula is C22H27NO5. The van der Waals surface area contributed by atoms with Crippen LogP contribution in [0.5, 0.6) is 11.5 Å². The number of amides is 1. The van der Waals surface area contributed by atoms with Gasteiger partial charge in [0, 0.05) is 19.0 Å². The summed E-state index contributed by atoms with van der Waals surface area (Å²) in [6.07, 6.45) is 1.11. The Morgan fingerprint density at radius 1 is 1.04 bits per heavy atom. The van der Waals surface area contributed by atoms with Crippen molar-refractivity contribution in [3.63, 3.8) is 0 Å². The third-order valence-electron chi connectivity index (χ3n) is 4.98. The minimum absolute atomic E-state index is 0.0448. The van der Waals surface area contributed by atoms with E-state index in [-0.39, 0.29) is 18.9 Å². The number of carboxylic acid groups (broad SMARTS) is 1. The minimum atomic E-state index is -1.14. The van der Waals surface area contributed by atoms with Crippen molar-refractivity contribution in [2.24, 2.45) is 0 Å². The molecule has 6 nitrogen and oxygen atoms in total. The molecule has 0 spiro atoms. The maximum absolute atomic E-state index is 12.4. The van der Waals surface area contributed by atoms with E-state index < -0.39 is 11.4 Å². The lowest BCUT2D eigenvalue weighted by atomic mass is 9.78. The van der Waals surface area contributed by atoms with Gasteiger partial charge >= 0.3 is 5.97 Å². The summed E-state index contributed by atoms with van der Waals surface area (Å²) in [6.45, 7) is 1.86. The van der Waals surface area contributed by atoms with E-state index in [9.17, 15) is 14.7 Å². The highest BCUT2D eigenvalue weighted by atomic mass is 16.5. The lowest BCUT2D eigenvalue weighted by Gasteiger charge is -2.29. The lowest BCUT2D eigenvalue weighted by Crippen LogP contribution is -2.46. The smallest absolute Gasteiger partial charge is 0.315 e. The van der Waals surface area contributed by atoms with Gasteiger partial charge in [-0.3, -0.25) is 9.59 Å². The van der Waals surface area contributed by atoms with Crippen molar-refractivity contribution < 1.29 is 24.2 Å². The van der Waals surface area contributed by atoms with E-state index in [1.165, 1.54) is 0 Å². The lowest BCUT2D eigenvalue weighted by molar-refractivity contribution is -0.144. The number of hydrogen-bond acceptors (Lipinski definition) is 4. The fourth-order valence-electron chi connectivity index (χ4n) is 3.15. The molecule has 2 aromatic carbocycles. The third kappa shape index (κ3) is 5.03. The van der Waals surface area contributed by atoms with Crippen LogP contribution in [-0.4, -0.2) is 37.7 Å². The molecule has 0 aliphatic heterocycles. The molecule has 2 N–H and O–H groups in total. The van der Waals surface area contributed by atoms with Crippen LogP contribution in [-0.2, 0) is 21.4 Å². The maximum atomic E-state index is 12.4. The average Bonchev–Trinajstić information content (AvgIpc) is 2.73. The van der Waals surface area contributed by atoms with Crippen molar-refractivity contribution >= 4 is 11.9 Å². The second-order valence-corrected chi connectivity index (χ2v) is 6.60. The summed E-state index contributed by atoms with van der Waals surface area (Å²) < 4.78 is 10.5. The van der Waals surface area contributed by atoms with E-state index in [2.05, 4.69) is 5.32 Å². The predicted octanol–water partition coefficient (Wildman–Crippen LogP) is 3.19. The Kier molecular flexibility index (Phi) is 7.44. The molecule has 0 aliphatic carbocycles. The van der Waals surface area contributed by atoms with E-state index in [1.807, 2.05) is 25.1 Å². The van der Waals surface area contributed by atoms with Crippen molar-refractivity contribution in [3.05, 3.63) is 59.7 Å². The number of rotatable bonds is 10. The molecule has 28 heavy (non-hydrogen) atoms. The zero-order valence-corrected chi connectivity index (χ0v) is 16.5. The van der Waals surface area contributed by atoms with Crippen LogP contribution >= 0.6 is 0 Å². The van der Waals surface area contributed by atoms with Gasteiger partial charge in [-0.2, -0.15) is 0 Å². The van der Waals surface area contributed by atoms with Crippen LogP contribution in [0.4, 0.5) is 0 Å². The second-order valence-electron chi connectivity index (χ2n) is 6.60. The van der Waals surface area contributed by atoms with Crippen molar-refractivity contribution in [2.45, 2.75) is 31.6 Å². The monoisotopic (exact) mass is 385 g/mol. The second kappa shape index (κ2) is 9.78. The summed E-state index contributed by atoms with van der Waals surface area (Å²) in [5, 5.41) is 12.6. The van der Waals surface area contributed by atoms with Gasteiger partial charge in [0.05, 0.1) is 14.2 Å². The van der Waals surface area contributed by atoms with Gasteiger partial charge in [-0.25, -0.2) is 0 Å². The van der Waals surface area contributed by atoms with E-state index in [0.29, 0.717) is 29.9 Å². The first-order chi connectivity index (χ1) is 13.4. The van der Waals surface area contributed by atoms with Gasteiger partial charge in [0.15, 0.2) is 0 Å². The predicted molar refractivity (Wildman–Crippen MR) is 107 cm³/mol. The zero-order chi connectivity index (χ0) is 20.6. The van der Waals surface area contributed by atoms with Crippen LogP contribution in [0.15, 0.2) is 48.5 Å². The highest BCUT2D eigenvalue weighted by molar-refractivity contribution is 5.83. The van der Waals surface area contributed by atoms with Crippen molar-refractivity contribution in [2.75, 3.05) is 20.8 Å². The SMILES string of the molecule is CCC(CNC(=O)CCc1cc(OC)cc(OC)c1)(C(=O)O)c1ccccc1. The van der Waals surface area contributed by atoms with Crippen LogP contribution in [0.3, 0.4) is 0 Å². The third-order valence-corrected chi connectivity index (χ3v) is 4.98. The number of carbonyl (C=O) groups excluding carboxylic acids is 1. The van der Waals surface area contributed by atoms with Gasteiger partial charge in [-0.15, -0.1) is 0 Å². The molecule has 1 amide bonds. The first-order valence-electron chi connectivity index (χ1n) is 9.22. The molecule has 0 bridgehead atoms. The molecule has 0 fully saturated rings. The molecule has 0 aromatic heterocycles. The molecule has 0 saturated carbocycles. The van der Waals surface area contributed by atoms with Crippen molar-refractivity contribution in [1.82, 2.24) is 5.32 Å². The van der Waals surface area contributed by atoms with Gasteiger partial charge in [0.1, 0.15) is 16.9 Å². The minimum Gasteiger partial charge on any atom is -0.497 e. The van der Waals surface area contributed by atoms with Crippen molar-refractivity contribution in [1.29, 1.82) is 0 Å². The van der Waals surface area contributed by atoms with Crippen molar-refractivity contribution in [3.8, 4) is 11.5 Å². The first kappa shape index (κ1) is 21.3. The van der Waals surface area contributed by atoms with Gasteiger partial charge < -0.3 is 19.9 Å². The Balaban J connectivity index is 2.03. The fourth-order valence-corrected chi connectivity index (χ4v) is 3.15. The fraction of sp³-hybridized carbons (Fsp3) is 0.364. The normalized spacial score (nSPS) is 12.7. The number of ether oxygens (including phenoxy) is 2. The number of benzene rings is 2. The number of carbonyl (C=O) groups is 2. The molecule has 0 heterocycles. The molecule has 1 atom stereocenters. The molecule has 0 radical (unpaired) electrons. The van der Waals surface area contributed by atoms with Crippen LogP contribution in [0, 0.1) is 0 Å². The zero-order valence-electron chi connectivity index (χ0n) is 16.5. The number of nitrogens with one attached hydrogen (secondary N) is 1. The maximum Gasteiger partial charge on any atom is 0.315 e. The molecule has 0 aliphatic rings. The van der Waals surface area contributed by atoms with Gasteiger partial charge in [-0.05, 0) is 36.1 Å². The molecule has 0 saturated heterocycles. The number of aryl methyl sites for hydroxylation is 1. The number of methoxy groups -OCH3 is 2. The molecule has 1 unspecified atom stereocenters. The Labute approximate surface area is 165 Å². The van der Waals surface area contributed by atoms with Gasteiger partial charge in [0.2, 0.25) is 5.91 Å². The number of carboxylic acids is 1. The van der Waals surface area contributed by atoms with Crippen LogP contribution in [0.1, 0.15) is 30.9 Å². The van der Waals surface area contributed by atoms with E-state index in [4.69, 9.17) is 9.47 Å². The summed E-state index contributed by atoms with van der Waals surface area (Å²) in [5.74, 6) is 0.181. The standard InChI is InChI=1S/C22H27NO5/c1-4-22(21(25)26,17-8-6-5-7-9-17)15-23-20(24)11-10-16-12-18(27-2)14-19(13-16)28-3/h5-9,12-14H,4,10-11,15H2,1-3H3,(H,23,24)(H,25,26). The van der Waals surface area contributed by atoms with Gasteiger partial charge in [0.25, 0.3) is 0 Å². The highest BCUT2D eigenvalue weighted by Crippen LogP contribution is 2.28. The van der Waals surface area contributed by atoms with E-state index in [1.54, 1.807) is 44.6 Å². The molecular weight excluding hydrogens is 358 g/mol. The van der Waals surface area contributed by atoms with Gasteiger partial charge in [-0.1, -0.05) is 37.3 Å². The first-order valence-corrected chi connectivity index (χ1v) is 9.22. The average molecular weight is 385 g/mol. The molecule has 150 valence electrons. The summed E-state index contributed by atoms with van der Waals surface area (Å²) in [7, 11) is 3.15. The van der Waals surface area contributed by atoms with E-state index >= 15 is 0 Å². The Morgan fingerprint density at radius 3 is 2.14 bits per heavy atom.